The van der Waals surface area contributed by atoms with Crippen LogP contribution < -0.4 is 10.2 Å². The molecule has 24 heavy (non-hydrogen) atoms. The summed E-state index contributed by atoms with van der Waals surface area (Å²) < 4.78 is 0. The summed E-state index contributed by atoms with van der Waals surface area (Å²) in [7, 11) is 0. The second-order valence-corrected chi connectivity index (χ2v) is 6.96. The van der Waals surface area contributed by atoms with Gasteiger partial charge in [0.2, 0.25) is 0 Å². The molecule has 0 saturated heterocycles. The number of fused-ring (bicyclic) bond motifs is 1. The van der Waals surface area contributed by atoms with Gasteiger partial charge in [-0.05, 0) is 43.9 Å². The van der Waals surface area contributed by atoms with Gasteiger partial charge in [-0.2, -0.15) is 0 Å². The van der Waals surface area contributed by atoms with Crippen LogP contribution in [0.4, 0.5) is 17.3 Å². The topological polar surface area (TPSA) is 41.0 Å². The highest BCUT2D eigenvalue weighted by molar-refractivity contribution is 6.36. The molecule has 1 N–H and O–H groups in total. The predicted molar refractivity (Wildman–Crippen MR) is 102 cm³/mol. The number of aryl methyl sites for hydroxylation is 1. The minimum atomic E-state index is 0.417. The van der Waals surface area contributed by atoms with Crippen molar-refractivity contribution in [3.63, 3.8) is 0 Å². The number of rotatable bonds is 5. The highest BCUT2D eigenvalue weighted by Gasteiger charge is 2.25. The Hall–Kier alpha value is -1.52. The SMILES string of the molecule is CCC(CC)Nc1cc(N2CCc3cc(Cl)cc(Cl)c32)nc(C)n1. The minimum Gasteiger partial charge on any atom is -0.367 e. The molecular formula is C18H22Cl2N4. The summed E-state index contributed by atoms with van der Waals surface area (Å²) in [5.41, 5.74) is 2.17. The summed E-state index contributed by atoms with van der Waals surface area (Å²) in [4.78, 5) is 11.3. The number of benzene rings is 1. The Morgan fingerprint density at radius 3 is 2.62 bits per heavy atom. The van der Waals surface area contributed by atoms with E-state index in [1.807, 2.05) is 19.1 Å². The van der Waals surface area contributed by atoms with Gasteiger partial charge in [-0.3, -0.25) is 0 Å². The van der Waals surface area contributed by atoms with Gasteiger partial charge in [0.15, 0.2) is 0 Å². The van der Waals surface area contributed by atoms with Crippen LogP contribution in [-0.2, 0) is 6.42 Å². The third kappa shape index (κ3) is 3.45. The van der Waals surface area contributed by atoms with E-state index >= 15 is 0 Å². The number of halogens is 2. The van der Waals surface area contributed by atoms with Crippen molar-refractivity contribution < 1.29 is 0 Å². The van der Waals surface area contributed by atoms with Gasteiger partial charge in [-0.25, -0.2) is 9.97 Å². The van der Waals surface area contributed by atoms with Crippen molar-refractivity contribution in [2.45, 2.75) is 46.1 Å². The molecule has 0 fully saturated rings. The summed E-state index contributed by atoms with van der Waals surface area (Å²) in [5.74, 6) is 2.49. The zero-order valence-corrected chi connectivity index (χ0v) is 15.7. The molecule has 0 saturated carbocycles. The zero-order chi connectivity index (χ0) is 17.3. The van der Waals surface area contributed by atoms with Crippen LogP contribution in [0, 0.1) is 6.92 Å². The number of anilines is 3. The molecular weight excluding hydrogens is 343 g/mol. The summed E-state index contributed by atoms with van der Waals surface area (Å²) in [6.07, 6.45) is 3.03. The van der Waals surface area contributed by atoms with E-state index in [1.54, 1.807) is 6.07 Å². The van der Waals surface area contributed by atoms with E-state index < -0.39 is 0 Å². The lowest BCUT2D eigenvalue weighted by molar-refractivity contribution is 0.667. The Bertz CT molecular complexity index is 744. The van der Waals surface area contributed by atoms with Gasteiger partial charge in [-0.15, -0.1) is 0 Å². The van der Waals surface area contributed by atoms with E-state index in [9.17, 15) is 0 Å². The van der Waals surface area contributed by atoms with Gasteiger partial charge >= 0.3 is 0 Å². The van der Waals surface area contributed by atoms with Crippen molar-refractivity contribution in [2.24, 2.45) is 0 Å². The molecule has 1 aromatic heterocycles. The van der Waals surface area contributed by atoms with Crippen LogP contribution in [0.3, 0.4) is 0 Å². The normalized spacial score (nSPS) is 13.5. The predicted octanol–water partition coefficient (Wildman–Crippen LogP) is 5.39. The highest BCUT2D eigenvalue weighted by atomic mass is 35.5. The molecule has 2 aromatic rings. The van der Waals surface area contributed by atoms with Crippen LogP contribution in [0.5, 0.6) is 0 Å². The average molecular weight is 365 g/mol. The van der Waals surface area contributed by atoms with Crippen molar-refractivity contribution >= 4 is 40.5 Å². The number of aromatic nitrogens is 2. The molecule has 0 unspecified atom stereocenters. The molecule has 0 bridgehead atoms. The van der Waals surface area contributed by atoms with Gasteiger partial charge in [0, 0.05) is 23.7 Å². The number of nitrogens with one attached hydrogen (secondary N) is 1. The lowest BCUT2D eigenvalue weighted by Gasteiger charge is -2.22. The van der Waals surface area contributed by atoms with E-state index in [0.29, 0.717) is 16.1 Å². The molecule has 4 nitrogen and oxygen atoms in total. The molecule has 0 atom stereocenters. The fourth-order valence-electron chi connectivity index (χ4n) is 3.15. The van der Waals surface area contributed by atoms with E-state index in [1.165, 1.54) is 5.56 Å². The van der Waals surface area contributed by atoms with Crippen LogP contribution >= 0.6 is 23.2 Å². The maximum absolute atomic E-state index is 6.44. The van der Waals surface area contributed by atoms with Crippen molar-refractivity contribution in [1.82, 2.24) is 9.97 Å². The van der Waals surface area contributed by atoms with Crippen LogP contribution in [0.25, 0.3) is 0 Å². The Morgan fingerprint density at radius 1 is 1.17 bits per heavy atom. The number of hydrogen-bond acceptors (Lipinski definition) is 4. The Morgan fingerprint density at radius 2 is 1.92 bits per heavy atom. The zero-order valence-electron chi connectivity index (χ0n) is 14.2. The first-order valence-electron chi connectivity index (χ1n) is 8.39. The Kier molecular flexibility index (Phi) is 5.16. The maximum atomic E-state index is 6.44. The lowest BCUT2D eigenvalue weighted by atomic mass is 10.1. The molecule has 1 aromatic carbocycles. The smallest absolute Gasteiger partial charge is 0.138 e. The highest BCUT2D eigenvalue weighted by Crippen LogP contribution is 2.41. The number of hydrogen-bond donors (Lipinski definition) is 1. The van der Waals surface area contributed by atoms with E-state index in [0.717, 1.165) is 49.0 Å². The quantitative estimate of drug-likeness (QED) is 0.772. The van der Waals surface area contributed by atoms with Gasteiger partial charge in [-0.1, -0.05) is 37.0 Å². The molecule has 1 aliphatic rings. The molecule has 0 amide bonds. The van der Waals surface area contributed by atoms with E-state index in [-0.39, 0.29) is 0 Å². The molecule has 128 valence electrons. The standard InChI is InChI=1S/C18H22Cl2N4/c1-4-14(5-2)23-16-10-17(22-11(3)21-16)24-7-6-12-8-13(19)9-15(20)18(12)24/h8-10,14H,4-7H2,1-3H3,(H,21,22,23). The molecule has 2 heterocycles. The summed E-state index contributed by atoms with van der Waals surface area (Å²) in [6, 6.07) is 6.20. The largest absolute Gasteiger partial charge is 0.367 e. The Balaban J connectivity index is 1.96. The third-order valence-corrected chi connectivity index (χ3v) is 4.93. The molecule has 0 aliphatic carbocycles. The van der Waals surface area contributed by atoms with Crippen molar-refractivity contribution in [1.29, 1.82) is 0 Å². The fourth-order valence-corrected chi connectivity index (χ4v) is 3.79. The fraction of sp³-hybridized carbons (Fsp3) is 0.444. The van der Waals surface area contributed by atoms with Gasteiger partial charge in [0.1, 0.15) is 17.5 Å². The molecule has 0 radical (unpaired) electrons. The second-order valence-electron chi connectivity index (χ2n) is 6.11. The number of nitrogens with zero attached hydrogens (tertiary/aromatic N) is 3. The van der Waals surface area contributed by atoms with Gasteiger partial charge in [0.05, 0.1) is 10.7 Å². The summed E-state index contributed by atoms with van der Waals surface area (Å²) >= 11 is 12.6. The van der Waals surface area contributed by atoms with Gasteiger partial charge < -0.3 is 10.2 Å². The van der Waals surface area contributed by atoms with Crippen LogP contribution in [-0.4, -0.2) is 22.6 Å². The first-order valence-corrected chi connectivity index (χ1v) is 9.15. The summed E-state index contributed by atoms with van der Waals surface area (Å²) in [5, 5.41) is 4.84. The first kappa shape index (κ1) is 17.3. The maximum Gasteiger partial charge on any atom is 0.138 e. The van der Waals surface area contributed by atoms with E-state index in [4.69, 9.17) is 23.2 Å². The molecule has 6 heteroatoms. The van der Waals surface area contributed by atoms with Crippen molar-refractivity contribution in [2.75, 3.05) is 16.8 Å². The molecule has 1 aliphatic heterocycles. The van der Waals surface area contributed by atoms with Crippen molar-refractivity contribution in [3.8, 4) is 0 Å². The van der Waals surface area contributed by atoms with E-state index in [2.05, 4.69) is 34.0 Å². The first-order chi connectivity index (χ1) is 11.5. The molecule has 0 spiro atoms. The van der Waals surface area contributed by atoms with Crippen LogP contribution in [0.15, 0.2) is 18.2 Å². The second kappa shape index (κ2) is 7.16. The monoisotopic (exact) mass is 364 g/mol. The third-order valence-electron chi connectivity index (χ3n) is 4.42. The van der Waals surface area contributed by atoms with Crippen molar-refractivity contribution in [3.05, 3.63) is 39.6 Å². The average Bonchev–Trinajstić information content (AvgIpc) is 2.96. The molecule has 3 rings (SSSR count). The van der Waals surface area contributed by atoms with Crippen LogP contribution in [0.2, 0.25) is 10.0 Å². The lowest BCUT2D eigenvalue weighted by Crippen LogP contribution is -2.20. The Labute approximate surface area is 153 Å². The van der Waals surface area contributed by atoms with Crippen LogP contribution in [0.1, 0.15) is 38.1 Å². The minimum absolute atomic E-state index is 0.417. The summed E-state index contributed by atoms with van der Waals surface area (Å²) in [6.45, 7) is 7.12. The van der Waals surface area contributed by atoms with Gasteiger partial charge in [0.25, 0.3) is 0 Å².